The molecule has 0 atom stereocenters. The van der Waals surface area contributed by atoms with Crippen LogP contribution in [0.3, 0.4) is 0 Å². The van der Waals surface area contributed by atoms with Crippen molar-refractivity contribution in [3.05, 3.63) is 46.1 Å². The number of carbonyl (C=O) groups excluding carboxylic acids is 2. The fraction of sp³-hybridized carbons (Fsp3) is 0.400. The van der Waals surface area contributed by atoms with E-state index in [0.29, 0.717) is 10.6 Å². The largest absolute Gasteiger partial charge is 0.365 e. The fourth-order valence-electron chi connectivity index (χ4n) is 3.46. The highest BCUT2D eigenvalue weighted by Crippen LogP contribution is 2.37. The van der Waals surface area contributed by atoms with Gasteiger partial charge in [0.1, 0.15) is 10.8 Å². The lowest BCUT2D eigenvalue weighted by Gasteiger charge is -2.07. The minimum absolute atomic E-state index is 0.0127. The number of primary amides is 1. The first-order chi connectivity index (χ1) is 13.8. The van der Waals surface area contributed by atoms with E-state index in [2.05, 4.69) is 5.32 Å². The number of halogens is 1. The van der Waals surface area contributed by atoms with Crippen molar-refractivity contribution in [3.8, 4) is 0 Å². The Morgan fingerprint density at radius 3 is 2.48 bits per heavy atom. The zero-order valence-electron chi connectivity index (χ0n) is 15.9. The summed E-state index contributed by atoms with van der Waals surface area (Å²) in [6, 6.07) is 4.60. The van der Waals surface area contributed by atoms with E-state index in [4.69, 9.17) is 5.73 Å². The number of nitrogens with two attached hydrogens (primary N) is 1. The molecule has 0 bridgehead atoms. The van der Waals surface area contributed by atoms with Gasteiger partial charge < -0.3 is 11.1 Å². The third kappa shape index (κ3) is 5.22. The number of benzene rings is 1. The van der Waals surface area contributed by atoms with E-state index in [9.17, 15) is 22.4 Å². The number of rotatable bonds is 7. The van der Waals surface area contributed by atoms with Gasteiger partial charge in [-0.05, 0) is 61.9 Å². The van der Waals surface area contributed by atoms with Crippen LogP contribution in [0.1, 0.15) is 52.9 Å². The van der Waals surface area contributed by atoms with Crippen LogP contribution < -0.4 is 11.1 Å². The van der Waals surface area contributed by atoms with Gasteiger partial charge in [-0.25, -0.2) is 12.8 Å². The van der Waals surface area contributed by atoms with Crippen molar-refractivity contribution < 1.29 is 22.4 Å². The van der Waals surface area contributed by atoms with Crippen molar-refractivity contribution >= 4 is 38.0 Å². The number of fused-ring (bicyclic) bond motifs is 1. The average Bonchev–Trinajstić information content (AvgIpc) is 2.83. The van der Waals surface area contributed by atoms with Gasteiger partial charge in [-0.3, -0.25) is 9.59 Å². The van der Waals surface area contributed by atoms with Crippen LogP contribution in [0, 0.1) is 5.82 Å². The molecule has 1 aromatic heterocycles. The minimum atomic E-state index is -3.59. The van der Waals surface area contributed by atoms with Crippen LogP contribution in [0.4, 0.5) is 9.39 Å². The molecule has 3 N–H and O–H groups in total. The third-order valence-electron chi connectivity index (χ3n) is 4.91. The molecule has 1 aliphatic carbocycles. The van der Waals surface area contributed by atoms with Gasteiger partial charge in [-0.1, -0.05) is 6.42 Å². The van der Waals surface area contributed by atoms with Gasteiger partial charge >= 0.3 is 0 Å². The molecule has 0 aliphatic heterocycles. The predicted octanol–water partition coefficient (Wildman–Crippen LogP) is 3.45. The Bertz CT molecular complexity index is 1010. The van der Waals surface area contributed by atoms with Crippen molar-refractivity contribution in [1.82, 2.24) is 0 Å². The summed E-state index contributed by atoms with van der Waals surface area (Å²) in [5.41, 5.74) is 6.88. The quantitative estimate of drug-likeness (QED) is 0.510. The van der Waals surface area contributed by atoms with Crippen LogP contribution in [-0.2, 0) is 27.5 Å². The first-order valence-electron chi connectivity index (χ1n) is 9.50. The molecule has 0 saturated carbocycles. The molecule has 1 aliphatic rings. The Balaban J connectivity index is 1.62. The summed E-state index contributed by atoms with van der Waals surface area (Å²) >= 11 is 1.38. The van der Waals surface area contributed by atoms with Crippen LogP contribution in [-0.4, -0.2) is 26.0 Å². The van der Waals surface area contributed by atoms with Gasteiger partial charge in [0, 0.05) is 11.3 Å². The maximum Gasteiger partial charge on any atom is 0.251 e. The number of anilines is 1. The smallest absolute Gasteiger partial charge is 0.251 e. The lowest BCUT2D eigenvalue weighted by Crippen LogP contribution is -2.18. The normalized spacial score (nSPS) is 14.1. The van der Waals surface area contributed by atoms with Crippen LogP contribution in [0.2, 0.25) is 0 Å². The summed E-state index contributed by atoms with van der Waals surface area (Å²) < 4.78 is 37.5. The van der Waals surface area contributed by atoms with Crippen LogP contribution in [0.25, 0.3) is 0 Å². The lowest BCUT2D eigenvalue weighted by molar-refractivity contribution is -0.116. The molecule has 3 rings (SSSR count). The Morgan fingerprint density at radius 1 is 1.10 bits per heavy atom. The third-order valence-corrected chi connectivity index (χ3v) is 7.93. The summed E-state index contributed by atoms with van der Waals surface area (Å²) in [5, 5.41) is 3.19. The lowest BCUT2D eigenvalue weighted by atomic mass is 10.1. The molecular formula is C20H23FN2O4S2. The number of carbonyl (C=O) groups is 2. The molecule has 1 heterocycles. The molecule has 2 aromatic rings. The van der Waals surface area contributed by atoms with E-state index in [1.165, 1.54) is 23.5 Å². The van der Waals surface area contributed by atoms with Crippen molar-refractivity contribution in [1.29, 1.82) is 0 Å². The molecule has 2 amide bonds. The van der Waals surface area contributed by atoms with E-state index in [0.717, 1.165) is 54.7 Å². The number of thiophene rings is 1. The number of hydrogen-bond acceptors (Lipinski definition) is 5. The zero-order chi connectivity index (χ0) is 21.0. The molecule has 0 radical (unpaired) electrons. The Kier molecular flexibility index (Phi) is 6.69. The second-order valence-electron chi connectivity index (χ2n) is 7.06. The van der Waals surface area contributed by atoms with E-state index in [1.54, 1.807) is 0 Å². The first kappa shape index (κ1) is 21.4. The van der Waals surface area contributed by atoms with Crippen LogP contribution >= 0.6 is 11.3 Å². The predicted molar refractivity (Wildman–Crippen MR) is 110 cm³/mol. The SMILES string of the molecule is NC(=O)c1c(NC(=O)CCCS(=O)(=O)c2ccc(F)cc2)sc2c1CCCCC2. The molecular weight excluding hydrogens is 415 g/mol. The molecule has 1 aromatic carbocycles. The van der Waals surface area contributed by atoms with Crippen molar-refractivity contribution in [3.63, 3.8) is 0 Å². The molecule has 0 fully saturated rings. The molecule has 0 spiro atoms. The second-order valence-corrected chi connectivity index (χ2v) is 10.3. The van der Waals surface area contributed by atoms with Gasteiger partial charge in [0.25, 0.3) is 5.91 Å². The highest BCUT2D eigenvalue weighted by molar-refractivity contribution is 7.91. The van der Waals surface area contributed by atoms with Gasteiger partial charge in [-0.2, -0.15) is 0 Å². The number of hydrogen-bond donors (Lipinski definition) is 2. The monoisotopic (exact) mass is 438 g/mol. The average molecular weight is 439 g/mol. The van der Waals surface area contributed by atoms with Crippen LogP contribution in [0.5, 0.6) is 0 Å². The van der Waals surface area contributed by atoms with Gasteiger partial charge in [-0.15, -0.1) is 11.3 Å². The molecule has 156 valence electrons. The highest BCUT2D eigenvalue weighted by atomic mass is 32.2. The summed E-state index contributed by atoms with van der Waals surface area (Å²) in [6.45, 7) is 0. The number of nitrogens with one attached hydrogen (secondary N) is 1. The topological polar surface area (TPSA) is 106 Å². The second kappa shape index (κ2) is 9.04. The van der Waals surface area contributed by atoms with Gasteiger partial charge in [0.15, 0.2) is 9.84 Å². The number of amides is 2. The first-order valence-corrected chi connectivity index (χ1v) is 12.0. The summed E-state index contributed by atoms with van der Waals surface area (Å²) in [6.07, 6.45) is 4.87. The number of aryl methyl sites for hydroxylation is 1. The maximum atomic E-state index is 13.0. The molecule has 29 heavy (non-hydrogen) atoms. The Hall–Kier alpha value is -2.26. The van der Waals surface area contributed by atoms with E-state index in [-0.39, 0.29) is 29.4 Å². The van der Waals surface area contributed by atoms with Gasteiger partial charge in [0.05, 0.1) is 16.2 Å². The Morgan fingerprint density at radius 2 is 1.79 bits per heavy atom. The zero-order valence-corrected chi connectivity index (χ0v) is 17.5. The minimum Gasteiger partial charge on any atom is -0.365 e. The van der Waals surface area contributed by atoms with Gasteiger partial charge in [0.2, 0.25) is 5.91 Å². The maximum absolute atomic E-state index is 13.0. The highest BCUT2D eigenvalue weighted by Gasteiger charge is 2.24. The Labute approximate surface area is 173 Å². The number of sulfone groups is 1. The molecule has 6 nitrogen and oxygen atoms in total. The molecule has 9 heteroatoms. The fourth-order valence-corrected chi connectivity index (χ4v) is 6.08. The van der Waals surface area contributed by atoms with Crippen LogP contribution in [0.15, 0.2) is 29.2 Å². The molecule has 0 saturated heterocycles. The summed E-state index contributed by atoms with van der Waals surface area (Å²) in [4.78, 5) is 25.4. The van der Waals surface area contributed by atoms with E-state index in [1.807, 2.05) is 0 Å². The van der Waals surface area contributed by atoms with Crippen molar-refractivity contribution in [2.24, 2.45) is 5.73 Å². The van der Waals surface area contributed by atoms with Crippen molar-refractivity contribution in [2.45, 2.75) is 49.8 Å². The molecule has 0 unspecified atom stereocenters. The summed E-state index contributed by atoms with van der Waals surface area (Å²) in [7, 11) is -3.59. The summed E-state index contributed by atoms with van der Waals surface area (Å²) in [5.74, 6) is -1.66. The van der Waals surface area contributed by atoms with E-state index < -0.39 is 21.6 Å². The van der Waals surface area contributed by atoms with E-state index >= 15 is 0 Å². The van der Waals surface area contributed by atoms with Crippen molar-refractivity contribution in [2.75, 3.05) is 11.1 Å². The standard InChI is InChI=1S/C20H23FN2O4S2/c21-13-8-10-14(11-9-13)29(26,27)12-4-7-17(24)23-20-18(19(22)25)15-5-2-1-3-6-16(15)28-20/h8-11H,1-7,12H2,(H2,22,25)(H,23,24).